The van der Waals surface area contributed by atoms with E-state index in [9.17, 15) is 8.42 Å². The molecular weight excluding hydrogens is 278 g/mol. The van der Waals surface area contributed by atoms with Crippen LogP contribution in [0.1, 0.15) is 19.4 Å². The van der Waals surface area contributed by atoms with Crippen LogP contribution >= 0.6 is 23.1 Å². The molecule has 1 atom stereocenters. The fourth-order valence-electron chi connectivity index (χ4n) is 1.23. The second kappa shape index (κ2) is 6.75. The summed E-state index contributed by atoms with van der Waals surface area (Å²) < 4.78 is 26.8. The van der Waals surface area contributed by atoms with Crippen molar-refractivity contribution in [2.45, 2.75) is 30.7 Å². The van der Waals surface area contributed by atoms with Gasteiger partial charge in [0.15, 0.2) is 0 Å². The third kappa shape index (κ3) is 4.59. The fraction of sp³-hybridized carbons (Fsp3) is 0.600. The molecule has 7 heteroatoms. The summed E-state index contributed by atoms with van der Waals surface area (Å²) in [5, 5.41) is 10.6. The molecule has 0 radical (unpaired) electrons. The van der Waals surface area contributed by atoms with E-state index in [0.717, 1.165) is 22.8 Å². The molecule has 0 aliphatic carbocycles. The molecule has 1 unspecified atom stereocenters. The summed E-state index contributed by atoms with van der Waals surface area (Å²) in [7, 11) is -3.44. The second-order valence-corrected chi connectivity index (χ2v) is 7.78. The van der Waals surface area contributed by atoms with Crippen LogP contribution in [0.4, 0.5) is 0 Å². The number of aliphatic hydroxyl groups excluding tert-OH is 1. The number of sulfonamides is 1. The van der Waals surface area contributed by atoms with E-state index in [0.29, 0.717) is 5.56 Å². The average molecular weight is 295 g/mol. The van der Waals surface area contributed by atoms with Crippen molar-refractivity contribution in [3.05, 3.63) is 17.0 Å². The van der Waals surface area contributed by atoms with Crippen molar-refractivity contribution in [3.63, 3.8) is 0 Å². The van der Waals surface area contributed by atoms with Gasteiger partial charge in [-0.2, -0.15) is 11.8 Å². The van der Waals surface area contributed by atoms with Crippen LogP contribution in [-0.4, -0.2) is 31.1 Å². The summed E-state index contributed by atoms with van der Waals surface area (Å²) in [6.45, 7) is 3.76. The Morgan fingerprint density at radius 1 is 1.59 bits per heavy atom. The first-order chi connectivity index (χ1) is 7.99. The van der Waals surface area contributed by atoms with Gasteiger partial charge in [0, 0.05) is 11.8 Å². The molecule has 2 N–H and O–H groups in total. The third-order valence-electron chi connectivity index (χ3n) is 2.01. The van der Waals surface area contributed by atoms with Crippen LogP contribution in [0.2, 0.25) is 0 Å². The lowest BCUT2D eigenvalue weighted by atomic mass is 10.4. The summed E-state index contributed by atoms with van der Waals surface area (Å²) in [5.74, 6) is 1.73. The van der Waals surface area contributed by atoms with E-state index in [2.05, 4.69) is 4.72 Å². The van der Waals surface area contributed by atoms with Crippen molar-refractivity contribution in [1.82, 2.24) is 4.72 Å². The van der Waals surface area contributed by atoms with Crippen LogP contribution in [0.25, 0.3) is 0 Å². The van der Waals surface area contributed by atoms with Gasteiger partial charge in [-0.3, -0.25) is 0 Å². The molecule has 0 fully saturated rings. The number of nitrogens with one attached hydrogen (secondary N) is 1. The van der Waals surface area contributed by atoms with E-state index in [1.54, 1.807) is 17.1 Å². The lowest BCUT2D eigenvalue weighted by Gasteiger charge is -2.12. The molecular formula is C10H17NO3S3. The van der Waals surface area contributed by atoms with Gasteiger partial charge in [0.05, 0.1) is 6.61 Å². The maximum absolute atomic E-state index is 11.9. The first kappa shape index (κ1) is 15.0. The van der Waals surface area contributed by atoms with Gasteiger partial charge in [0.25, 0.3) is 0 Å². The number of rotatable bonds is 7. The molecule has 0 aliphatic heterocycles. The quantitative estimate of drug-likeness (QED) is 0.803. The Labute approximate surface area is 110 Å². The molecule has 0 aromatic carbocycles. The van der Waals surface area contributed by atoms with Gasteiger partial charge in [-0.25, -0.2) is 13.1 Å². The molecule has 1 rings (SSSR count). The second-order valence-electron chi connectivity index (χ2n) is 3.61. The Hall–Kier alpha value is -0.0800. The zero-order valence-corrected chi connectivity index (χ0v) is 12.3. The van der Waals surface area contributed by atoms with E-state index < -0.39 is 10.0 Å². The van der Waals surface area contributed by atoms with Crippen molar-refractivity contribution in [2.75, 3.05) is 11.5 Å². The summed E-state index contributed by atoms with van der Waals surface area (Å²) in [4.78, 5) is 0. The lowest BCUT2D eigenvalue weighted by Crippen LogP contribution is -2.33. The van der Waals surface area contributed by atoms with Crippen LogP contribution in [0.15, 0.2) is 15.7 Å². The highest BCUT2D eigenvalue weighted by molar-refractivity contribution is 7.99. The van der Waals surface area contributed by atoms with Crippen molar-refractivity contribution in [2.24, 2.45) is 0 Å². The maximum Gasteiger partial charge on any atom is 0.250 e. The normalized spacial score (nSPS) is 13.8. The molecule has 0 aliphatic rings. The van der Waals surface area contributed by atoms with Crippen LogP contribution < -0.4 is 4.72 Å². The third-order valence-corrected chi connectivity index (χ3v) is 6.23. The lowest BCUT2D eigenvalue weighted by molar-refractivity contribution is 0.282. The number of aliphatic hydroxyl groups is 1. The van der Waals surface area contributed by atoms with Gasteiger partial charge in [0.1, 0.15) is 4.21 Å². The van der Waals surface area contributed by atoms with Crippen molar-refractivity contribution in [3.8, 4) is 0 Å². The number of thioether (sulfide) groups is 1. The van der Waals surface area contributed by atoms with Crippen molar-refractivity contribution in [1.29, 1.82) is 0 Å². The summed E-state index contributed by atoms with van der Waals surface area (Å²) in [6, 6.07) is 1.41. The van der Waals surface area contributed by atoms with Crippen LogP contribution in [0, 0.1) is 0 Å². The summed E-state index contributed by atoms with van der Waals surface area (Å²) >= 11 is 2.83. The highest BCUT2D eigenvalue weighted by Crippen LogP contribution is 2.20. The summed E-state index contributed by atoms with van der Waals surface area (Å²) in [6.07, 6.45) is 0. The standard InChI is InChI=1S/C10H17NO3S3/c1-3-15-6-8(2)11-17(13,14)10-4-9(5-12)7-16-10/h4,7-8,11-12H,3,5-6H2,1-2H3. The Bertz CT molecular complexity index is 441. The van der Waals surface area contributed by atoms with Crippen LogP contribution in [0.5, 0.6) is 0 Å². The first-order valence-corrected chi connectivity index (χ1v) is 8.79. The van der Waals surface area contributed by atoms with Gasteiger partial charge < -0.3 is 5.11 Å². The molecule has 1 aromatic rings. The molecule has 0 saturated heterocycles. The van der Waals surface area contributed by atoms with Crippen LogP contribution in [-0.2, 0) is 16.6 Å². The van der Waals surface area contributed by atoms with E-state index in [4.69, 9.17) is 5.11 Å². The van der Waals surface area contributed by atoms with Gasteiger partial charge in [-0.1, -0.05) is 6.92 Å². The predicted octanol–water partition coefficient (Wildman–Crippen LogP) is 1.66. The van der Waals surface area contributed by atoms with Gasteiger partial charge in [-0.05, 0) is 29.7 Å². The Balaban J connectivity index is 2.68. The molecule has 1 heterocycles. The SMILES string of the molecule is CCSCC(C)NS(=O)(=O)c1cc(CO)cs1. The predicted molar refractivity (Wildman–Crippen MR) is 73.0 cm³/mol. The zero-order valence-electron chi connectivity index (χ0n) is 9.84. The molecule has 17 heavy (non-hydrogen) atoms. The largest absolute Gasteiger partial charge is 0.392 e. The van der Waals surface area contributed by atoms with Crippen molar-refractivity contribution < 1.29 is 13.5 Å². The smallest absolute Gasteiger partial charge is 0.250 e. The molecule has 98 valence electrons. The van der Waals surface area contributed by atoms with E-state index >= 15 is 0 Å². The maximum atomic E-state index is 11.9. The van der Waals surface area contributed by atoms with Crippen molar-refractivity contribution >= 4 is 33.1 Å². The molecule has 0 spiro atoms. The van der Waals surface area contributed by atoms with E-state index in [-0.39, 0.29) is 16.9 Å². The number of hydrogen-bond donors (Lipinski definition) is 2. The van der Waals surface area contributed by atoms with E-state index in [1.165, 1.54) is 6.07 Å². The van der Waals surface area contributed by atoms with Gasteiger partial charge >= 0.3 is 0 Å². The molecule has 0 saturated carbocycles. The number of hydrogen-bond acceptors (Lipinski definition) is 5. The molecule has 4 nitrogen and oxygen atoms in total. The average Bonchev–Trinajstić information content (AvgIpc) is 2.75. The molecule has 0 bridgehead atoms. The van der Waals surface area contributed by atoms with E-state index in [1.807, 2.05) is 13.8 Å². The minimum absolute atomic E-state index is 0.0929. The summed E-state index contributed by atoms with van der Waals surface area (Å²) in [5.41, 5.74) is 0.631. The molecule has 1 aromatic heterocycles. The Morgan fingerprint density at radius 3 is 2.82 bits per heavy atom. The minimum atomic E-state index is -3.44. The Kier molecular flexibility index (Phi) is 5.94. The monoisotopic (exact) mass is 295 g/mol. The highest BCUT2D eigenvalue weighted by atomic mass is 32.2. The van der Waals surface area contributed by atoms with Gasteiger partial charge in [-0.15, -0.1) is 11.3 Å². The van der Waals surface area contributed by atoms with Crippen LogP contribution in [0.3, 0.4) is 0 Å². The topological polar surface area (TPSA) is 66.4 Å². The Morgan fingerprint density at radius 2 is 2.29 bits per heavy atom. The number of thiophene rings is 1. The first-order valence-electron chi connectivity index (χ1n) is 5.28. The van der Waals surface area contributed by atoms with Gasteiger partial charge in [0.2, 0.25) is 10.0 Å². The fourth-order valence-corrected chi connectivity index (χ4v) is 4.47. The highest BCUT2D eigenvalue weighted by Gasteiger charge is 2.19. The molecule has 0 amide bonds. The zero-order chi connectivity index (χ0) is 12.9. The minimum Gasteiger partial charge on any atom is -0.392 e.